The second-order valence-electron chi connectivity index (χ2n) is 3.59. The Bertz CT molecular complexity index is 525. The molecule has 1 atom stereocenters. The molecule has 2 aromatic rings. The molecular weight excluding hydrogens is 225 g/mol. The molecule has 17 heavy (non-hydrogen) atoms. The first-order valence-corrected chi connectivity index (χ1v) is 5.05. The van der Waals surface area contributed by atoms with Crippen LogP contribution >= 0.6 is 0 Å². The fraction of sp³-hybridized carbons (Fsp3) is 0.273. The molecule has 1 aromatic heterocycles. The van der Waals surface area contributed by atoms with Gasteiger partial charge in [-0.05, 0) is 25.1 Å². The summed E-state index contributed by atoms with van der Waals surface area (Å²) in [5.41, 5.74) is 6.21. The summed E-state index contributed by atoms with van der Waals surface area (Å²) < 4.78 is 23.0. The molecule has 0 bridgehead atoms. The van der Waals surface area contributed by atoms with Crippen LogP contribution in [0.1, 0.15) is 18.9 Å². The Balaban J connectivity index is 2.38. The maximum Gasteiger partial charge on any atom is 0.243 e. The van der Waals surface area contributed by atoms with Gasteiger partial charge in [-0.15, -0.1) is 0 Å². The van der Waals surface area contributed by atoms with Crippen LogP contribution < -0.4 is 10.5 Å². The van der Waals surface area contributed by atoms with Crippen LogP contribution in [-0.2, 0) is 0 Å². The Morgan fingerprint density at radius 2 is 2.24 bits per heavy atom. The van der Waals surface area contributed by atoms with E-state index in [0.717, 1.165) is 0 Å². The molecule has 0 fully saturated rings. The second kappa shape index (κ2) is 4.50. The number of benzene rings is 1. The third-order valence-corrected chi connectivity index (χ3v) is 2.24. The number of methoxy groups -OCH3 is 1. The molecule has 0 saturated carbocycles. The fourth-order valence-electron chi connectivity index (χ4n) is 1.34. The number of ether oxygens (including phenoxy) is 1. The van der Waals surface area contributed by atoms with E-state index in [1.165, 1.54) is 19.2 Å². The molecule has 0 aliphatic heterocycles. The van der Waals surface area contributed by atoms with Crippen LogP contribution in [-0.4, -0.2) is 17.3 Å². The largest absolute Gasteiger partial charge is 0.494 e. The molecule has 90 valence electrons. The number of aromatic nitrogens is 2. The maximum atomic E-state index is 13.2. The molecule has 5 nitrogen and oxygen atoms in total. The minimum atomic E-state index is -0.438. The van der Waals surface area contributed by atoms with Crippen molar-refractivity contribution in [1.82, 2.24) is 10.1 Å². The highest BCUT2D eigenvalue weighted by Gasteiger charge is 2.13. The summed E-state index contributed by atoms with van der Waals surface area (Å²) in [4.78, 5) is 4.10. The van der Waals surface area contributed by atoms with Gasteiger partial charge in [0.25, 0.3) is 0 Å². The van der Waals surface area contributed by atoms with E-state index in [4.69, 9.17) is 15.0 Å². The van der Waals surface area contributed by atoms with Gasteiger partial charge in [-0.2, -0.15) is 4.98 Å². The first kappa shape index (κ1) is 11.5. The smallest absolute Gasteiger partial charge is 0.243 e. The van der Waals surface area contributed by atoms with Gasteiger partial charge in [-0.25, -0.2) is 4.39 Å². The minimum Gasteiger partial charge on any atom is -0.494 e. The van der Waals surface area contributed by atoms with Gasteiger partial charge in [0.2, 0.25) is 11.7 Å². The van der Waals surface area contributed by atoms with E-state index < -0.39 is 5.82 Å². The highest BCUT2D eigenvalue weighted by atomic mass is 19.1. The molecule has 0 saturated heterocycles. The molecule has 0 amide bonds. The van der Waals surface area contributed by atoms with Crippen molar-refractivity contribution >= 4 is 0 Å². The number of halogens is 1. The predicted molar refractivity (Wildman–Crippen MR) is 58.8 cm³/mol. The van der Waals surface area contributed by atoms with Gasteiger partial charge in [0.15, 0.2) is 11.6 Å². The van der Waals surface area contributed by atoms with E-state index >= 15 is 0 Å². The van der Waals surface area contributed by atoms with Crippen molar-refractivity contribution in [2.45, 2.75) is 13.0 Å². The standard InChI is InChI=1S/C11H12FN3O2/c1-6(13)11-14-10(15-17-11)7-3-4-8(12)9(5-7)16-2/h3-6H,13H2,1-2H3/t6-/m0/s1. The van der Waals surface area contributed by atoms with Crippen molar-refractivity contribution in [2.24, 2.45) is 5.73 Å². The van der Waals surface area contributed by atoms with E-state index in [1.807, 2.05) is 0 Å². The van der Waals surface area contributed by atoms with Gasteiger partial charge in [0.1, 0.15) is 0 Å². The Morgan fingerprint density at radius 1 is 1.47 bits per heavy atom. The van der Waals surface area contributed by atoms with Crippen LogP contribution in [0, 0.1) is 5.82 Å². The first-order chi connectivity index (χ1) is 8.11. The fourth-order valence-corrected chi connectivity index (χ4v) is 1.34. The number of rotatable bonds is 3. The molecule has 0 aliphatic rings. The van der Waals surface area contributed by atoms with Crippen LogP contribution in [0.15, 0.2) is 22.7 Å². The van der Waals surface area contributed by atoms with Gasteiger partial charge in [-0.1, -0.05) is 5.16 Å². The zero-order valence-electron chi connectivity index (χ0n) is 9.48. The van der Waals surface area contributed by atoms with E-state index in [0.29, 0.717) is 17.3 Å². The van der Waals surface area contributed by atoms with Crippen LogP contribution in [0.3, 0.4) is 0 Å². The predicted octanol–water partition coefficient (Wildman–Crippen LogP) is 1.90. The van der Waals surface area contributed by atoms with Crippen molar-refractivity contribution in [1.29, 1.82) is 0 Å². The lowest BCUT2D eigenvalue weighted by Crippen LogP contribution is -2.04. The van der Waals surface area contributed by atoms with E-state index in [9.17, 15) is 4.39 Å². The summed E-state index contributed by atoms with van der Waals surface area (Å²) in [7, 11) is 1.39. The van der Waals surface area contributed by atoms with Gasteiger partial charge in [-0.3, -0.25) is 0 Å². The molecule has 0 aliphatic carbocycles. The van der Waals surface area contributed by atoms with Crippen molar-refractivity contribution in [3.63, 3.8) is 0 Å². The molecule has 2 N–H and O–H groups in total. The van der Waals surface area contributed by atoms with Crippen molar-refractivity contribution in [3.05, 3.63) is 29.9 Å². The monoisotopic (exact) mass is 237 g/mol. The number of nitrogens with two attached hydrogens (primary N) is 1. The molecule has 1 heterocycles. The summed E-state index contributed by atoms with van der Waals surface area (Å²) in [6, 6.07) is 4.01. The summed E-state index contributed by atoms with van der Waals surface area (Å²) in [6.07, 6.45) is 0. The van der Waals surface area contributed by atoms with Crippen LogP contribution in [0.2, 0.25) is 0 Å². The quantitative estimate of drug-likeness (QED) is 0.882. The number of hydrogen-bond donors (Lipinski definition) is 1. The molecule has 6 heteroatoms. The van der Waals surface area contributed by atoms with Gasteiger partial charge >= 0.3 is 0 Å². The average Bonchev–Trinajstić information content (AvgIpc) is 2.79. The lowest BCUT2D eigenvalue weighted by molar-refractivity contribution is 0.362. The lowest BCUT2D eigenvalue weighted by atomic mass is 10.2. The third kappa shape index (κ3) is 2.26. The zero-order chi connectivity index (χ0) is 12.4. The minimum absolute atomic E-state index is 0.134. The van der Waals surface area contributed by atoms with Crippen LogP contribution in [0.4, 0.5) is 4.39 Å². The molecule has 0 spiro atoms. The average molecular weight is 237 g/mol. The molecule has 1 aromatic carbocycles. The Kier molecular flexibility index (Phi) is 3.06. The summed E-state index contributed by atoms with van der Waals surface area (Å²) in [6.45, 7) is 1.74. The summed E-state index contributed by atoms with van der Waals surface area (Å²) in [5.74, 6) is 0.390. The molecule has 2 rings (SSSR count). The third-order valence-electron chi connectivity index (χ3n) is 2.24. The summed E-state index contributed by atoms with van der Waals surface area (Å²) in [5, 5.41) is 3.77. The molecule has 0 unspecified atom stereocenters. The van der Waals surface area contributed by atoms with Crippen molar-refractivity contribution in [2.75, 3.05) is 7.11 Å². The van der Waals surface area contributed by atoms with E-state index in [-0.39, 0.29) is 11.8 Å². The number of nitrogens with zero attached hydrogens (tertiary/aromatic N) is 2. The Hall–Kier alpha value is -1.95. The zero-order valence-corrected chi connectivity index (χ0v) is 9.48. The lowest BCUT2D eigenvalue weighted by Gasteiger charge is -2.02. The van der Waals surface area contributed by atoms with Crippen LogP contribution in [0.25, 0.3) is 11.4 Å². The Morgan fingerprint density at radius 3 is 2.82 bits per heavy atom. The molecule has 0 radical (unpaired) electrons. The first-order valence-electron chi connectivity index (χ1n) is 5.05. The van der Waals surface area contributed by atoms with Crippen LogP contribution in [0.5, 0.6) is 5.75 Å². The van der Waals surface area contributed by atoms with Crippen molar-refractivity contribution in [3.8, 4) is 17.1 Å². The summed E-state index contributed by atoms with van der Waals surface area (Å²) >= 11 is 0. The van der Waals surface area contributed by atoms with E-state index in [2.05, 4.69) is 10.1 Å². The van der Waals surface area contributed by atoms with Gasteiger partial charge < -0.3 is 15.0 Å². The highest BCUT2D eigenvalue weighted by Crippen LogP contribution is 2.24. The Labute approximate surface area is 97.4 Å². The van der Waals surface area contributed by atoms with Crippen molar-refractivity contribution < 1.29 is 13.7 Å². The molecular formula is C11H12FN3O2. The highest BCUT2D eigenvalue weighted by molar-refractivity contribution is 5.57. The normalized spacial score (nSPS) is 12.5. The maximum absolute atomic E-state index is 13.2. The van der Waals surface area contributed by atoms with Gasteiger partial charge in [0.05, 0.1) is 13.2 Å². The topological polar surface area (TPSA) is 74.2 Å². The van der Waals surface area contributed by atoms with E-state index in [1.54, 1.807) is 13.0 Å². The number of hydrogen-bond acceptors (Lipinski definition) is 5. The second-order valence-corrected chi connectivity index (χ2v) is 3.59. The van der Waals surface area contributed by atoms with Gasteiger partial charge in [0, 0.05) is 5.56 Å². The SMILES string of the molecule is COc1cc(-c2noc([C@H](C)N)n2)ccc1F.